The van der Waals surface area contributed by atoms with E-state index in [1.165, 1.54) is 0 Å². The van der Waals surface area contributed by atoms with Crippen molar-refractivity contribution in [2.24, 2.45) is 0 Å². The van der Waals surface area contributed by atoms with Gasteiger partial charge in [0.25, 0.3) is 0 Å². The Hall–Kier alpha value is -0.120. The molecule has 0 aliphatic carbocycles. The third-order valence-electron chi connectivity index (χ3n) is 2.76. The van der Waals surface area contributed by atoms with Gasteiger partial charge in [-0.2, -0.15) is 0 Å². The Labute approximate surface area is 109 Å². The van der Waals surface area contributed by atoms with Crippen LogP contribution >= 0.6 is 0 Å². The largest absolute Gasteiger partial charge is 0.301 e. The van der Waals surface area contributed by atoms with Crippen molar-refractivity contribution in [1.82, 2.24) is 14.7 Å². The van der Waals surface area contributed by atoms with Gasteiger partial charge in [0.05, 0.1) is 0 Å². The molecule has 0 amide bonds. The first-order valence-electron chi connectivity index (χ1n) is 5.89. The highest BCUT2D eigenvalue weighted by atomic mass is 15.2. The highest BCUT2D eigenvalue weighted by molar-refractivity contribution is 4.68. The molecule has 0 spiro atoms. The molecule has 10 radical (unpaired) electrons. The zero-order valence-corrected chi connectivity index (χ0v) is 10.6. The maximum atomic E-state index is 5.67. The van der Waals surface area contributed by atoms with E-state index in [4.69, 9.17) is 34.6 Å². The van der Waals surface area contributed by atoms with Crippen LogP contribution < -0.4 is 0 Å². The fourth-order valence-electron chi connectivity index (χ4n) is 1.37. The maximum absolute atomic E-state index is 5.67. The molecule has 0 aliphatic rings. The highest BCUT2D eigenvalue weighted by Crippen LogP contribution is 1.94. The van der Waals surface area contributed by atoms with E-state index < -0.39 is 0 Å². The normalized spacial score (nSPS) is 12.0. The first-order chi connectivity index (χ1) is 8.21. The predicted molar refractivity (Wildman–Crippen MR) is 70.8 cm³/mol. The van der Waals surface area contributed by atoms with Gasteiger partial charge in [-0.1, -0.05) is 0 Å². The Bertz CT molecular complexity index is 138. The van der Waals surface area contributed by atoms with Crippen molar-refractivity contribution in [3.8, 4) is 0 Å². The SMILES string of the molecule is [CH]CN(C[CH])CCN(C[CH])CCN(C[CH])C[CH]. The van der Waals surface area contributed by atoms with Crippen molar-refractivity contribution < 1.29 is 0 Å². The molecule has 0 atom stereocenters. The minimum Gasteiger partial charge on any atom is -0.301 e. The Kier molecular flexibility index (Phi) is 10.9. The van der Waals surface area contributed by atoms with Gasteiger partial charge in [-0.25, -0.2) is 0 Å². The molecule has 94 valence electrons. The third kappa shape index (κ3) is 7.74. The van der Waals surface area contributed by atoms with E-state index in [0.29, 0.717) is 32.7 Å². The third-order valence-corrected chi connectivity index (χ3v) is 2.76. The highest BCUT2D eigenvalue weighted by Gasteiger charge is 2.07. The summed E-state index contributed by atoms with van der Waals surface area (Å²) in [6.07, 6.45) is 0. The molecule has 0 fully saturated rings. The lowest BCUT2D eigenvalue weighted by atomic mass is 10.4. The number of nitrogens with zero attached hydrogens (tertiary/aromatic N) is 3. The van der Waals surface area contributed by atoms with Crippen LogP contribution in [0.5, 0.6) is 0 Å². The van der Waals surface area contributed by atoms with Crippen LogP contribution in [0.2, 0.25) is 0 Å². The molecule has 0 aromatic heterocycles. The summed E-state index contributed by atoms with van der Waals surface area (Å²) in [5.41, 5.74) is 0. The zero-order valence-electron chi connectivity index (χ0n) is 10.6. The summed E-state index contributed by atoms with van der Waals surface area (Å²) in [5.74, 6) is 0. The number of hydrogen-bond donors (Lipinski definition) is 0. The minimum absolute atomic E-state index is 0.465. The standard InChI is InChI=1S/C14H23N3/c1-6-15(7-2)11-13-17(10-5)14-12-16(8-3)9-4/h1-5H,6-14H2. The van der Waals surface area contributed by atoms with Crippen LogP contribution in [0.4, 0.5) is 0 Å². The van der Waals surface area contributed by atoms with E-state index in [0.717, 1.165) is 26.2 Å². The van der Waals surface area contributed by atoms with Crippen molar-refractivity contribution in [3.05, 3.63) is 34.6 Å². The second-order valence-electron chi connectivity index (χ2n) is 3.82. The van der Waals surface area contributed by atoms with Crippen molar-refractivity contribution in [3.63, 3.8) is 0 Å². The second-order valence-corrected chi connectivity index (χ2v) is 3.82. The summed E-state index contributed by atoms with van der Waals surface area (Å²) in [6, 6.07) is 0. The summed E-state index contributed by atoms with van der Waals surface area (Å²) in [6.45, 7) is 33.5. The van der Waals surface area contributed by atoms with Gasteiger partial charge in [0.2, 0.25) is 0 Å². The zero-order chi connectivity index (χ0) is 13.1. The van der Waals surface area contributed by atoms with E-state index in [1.807, 2.05) is 9.80 Å². The Morgan fingerprint density at radius 2 is 0.647 bits per heavy atom. The van der Waals surface area contributed by atoms with Crippen molar-refractivity contribution >= 4 is 0 Å². The van der Waals surface area contributed by atoms with Crippen LogP contribution in [0.25, 0.3) is 0 Å². The van der Waals surface area contributed by atoms with Crippen LogP contribution in [0.1, 0.15) is 0 Å². The molecule has 0 heterocycles. The first kappa shape index (κ1) is 16.9. The average Bonchev–Trinajstić information content (AvgIpc) is 2.38. The summed E-state index contributed by atoms with van der Waals surface area (Å²) >= 11 is 0. The average molecular weight is 233 g/mol. The predicted octanol–water partition coefficient (Wildman–Crippen LogP) is 0.448. The van der Waals surface area contributed by atoms with E-state index in [2.05, 4.69) is 4.90 Å². The van der Waals surface area contributed by atoms with Gasteiger partial charge in [-0.15, -0.1) is 0 Å². The van der Waals surface area contributed by atoms with Gasteiger partial charge in [-0.3, -0.25) is 0 Å². The number of rotatable bonds is 11. The lowest BCUT2D eigenvalue weighted by Crippen LogP contribution is -2.39. The van der Waals surface area contributed by atoms with Crippen molar-refractivity contribution in [1.29, 1.82) is 0 Å². The molecular formula is C14H23N3. The minimum atomic E-state index is 0.465. The molecule has 3 nitrogen and oxygen atoms in total. The lowest BCUT2D eigenvalue weighted by Gasteiger charge is -2.27. The quantitative estimate of drug-likeness (QED) is 0.513. The molecule has 0 unspecified atom stereocenters. The van der Waals surface area contributed by atoms with Gasteiger partial charge < -0.3 is 14.7 Å². The van der Waals surface area contributed by atoms with Crippen LogP contribution in [-0.4, -0.2) is 73.6 Å². The molecule has 0 rings (SSSR count). The molecule has 0 bridgehead atoms. The molecule has 17 heavy (non-hydrogen) atoms. The Morgan fingerprint density at radius 1 is 0.412 bits per heavy atom. The molecule has 0 aromatic rings. The van der Waals surface area contributed by atoms with Crippen LogP contribution in [0.15, 0.2) is 0 Å². The molecule has 0 saturated heterocycles. The van der Waals surface area contributed by atoms with Crippen LogP contribution in [-0.2, 0) is 0 Å². The Morgan fingerprint density at radius 3 is 0.882 bits per heavy atom. The van der Waals surface area contributed by atoms with E-state index in [1.54, 1.807) is 0 Å². The Balaban J connectivity index is 3.82. The monoisotopic (exact) mass is 233 g/mol. The molecule has 0 N–H and O–H groups in total. The van der Waals surface area contributed by atoms with Crippen molar-refractivity contribution in [2.45, 2.75) is 0 Å². The summed E-state index contributed by atoms with van der Waals surface area (Å²) < 4.78 is 0. The number of hydrogen-bond acceptors (Lipinski definition) is 3. The first-order valence-corrected chi connectivity index (χ1v) is 5.89. The van der Waals surface area contributed by atoms with Crippen LogP contribution in [0.3, 0.4) is 0 Å². The van der Waals surface area contributed by atoms with Gasteiger partial charge >= 0.3 is 0 Å². The fraction of sp³-hybridized carbons (Fsp3) is 0.643. The summed E-state index contributed by atoms with van der Waals surface area (Å²) in [5, 5.41) is 0. The van der Waals surface area contributed by atoms with E-state index in [9.17, 15) is 0 Å². The molecule has 0 saturated carbocycles. The lowest BCUT2D eigenvalue weighted by molar-refractivity contribution is 0.208. The van der Waals surface area contributed by atoms with Gasteiger partial charge in [0, 0.05) is 58.9 Å². The van der Waals surface area contributed by atoms with E-state index >= 15 is 0 Å². The molecule has 3 heteroatoms. The summed E-state index contributed by atoms with van der Waals surface area (Å²) in [4.78, 5) is 6.02. The van der Waals surface area contributed by atoms with Gasteiger partial charge in [0.15, 0.2) is 0 Å². The summed E-state index contributed by atoms with van der Waals surface area (Å²) in [7, 11) is 0. The maximum Gasteiger partial charge on any atom is 0.0110 e. The molecule has 0 aliphatic heterocycles. The van der Waals surface area contributed by atoms with Crippen molar-refractivity contribution in [2.75, 3.05) is 58.9 Å². The second kappa shape index (κ2) is 11.0. The van der Waals surface area contributed by atoms with Gasteiger partial charge in [0.1, 0.15) is 0 Å². The smallest absolute Gasteiger partial charge is 0.0110 e. The molecule has 0 aromatic carbocycles. The van der Waals surface area contributed by atoms with Crippen LogP contribution in [0, 0.1) is 34.6 Å². The van der Waals surface area contributed by atoms with E-state index in [-0.39, 0.29) is 0 Å². The topological polar surface area (TPSA) is 9.72 Å². The van der Waals surface area contributed by atoms with Gasteiger partial charge in [-0.05, 0) is 34.6 Å². The molecular weight excluding hydrogens is 210 g/mol. The fourth-order valence-corrected chi connectivity index (χ4v) is 1.37.